The number of rotatable bonds is 2. The predicted octanol–water partition coefficient (Wildman–Crippen LogP) is 3.13. The van der Waals surface area contributed by atoms with Crippen molar-refractivity contribution >= 4 is 0 Å². The zero-order valence-corrected chi connectivity index (χ0v) is 10.1. The number of halogens is 3. The van der Waals surface area contributed by atoms with Gasteiger partial charge >= 0.3 is 0 Å². The third-order valence-corrected chi connectivity index (χ3v) is 4.10. The molecule has 0 spiro atoms. The van der Waals surface area contributed by atoms with E-state index in [1.165, 1.54) is 12.1 Å². The smallest absolute Gasteiger partial charge is 0.162 e. The fourth-order valence-corrected chi connectivity index (χ4v) is 3.36. The fourth-order valence-electron chi connectivity index (χ4n) is 3.36. The van der Waals surface area contributed by atoms with Gasteiger partial charge in [-0.05, 0) is 37.3 Å². The molecule has 0 saturated carbocycles. The van der Waals surface area contributed by atoms with E-state index in [0.29, 0.717) is 12.8 Å². The van der Waals surface area contributed by atoms with E-state index in [0.717, 1.165) is 18.9 Å². The van der Waals surface area contributed by atoms with Gasteiger partial charge in [0.25, 0.3) is 0 Å². The number of nitrogens with one attached hydrogen (secondary N) is 1. The van der Waals surface area contributed by atoms with Crippen molar-refractivity contribution < 1.29 is 13.2 Å². The van der Waals surface area contributed by atoms with Crippen LogP contribution in [-0.2, 0) is 6.42 Å². The van der Waals surface area contributed by atoms with Gasteiger partial charge < -0.3 is 5.32 Å². The Hall–Kier alpha value is -1.03. The summed E-state index contributed by atoms with van der Waals surface area (Å²) in [5, 5.41) is 3.35. The van der Waals surface area contributed by atoms with Crippen molar-refractivity contribution in [1.82, 2.24) is 5.32 Å². The van der Waals surface area contributed by atoms with Gasteiger partial charge in [-0.15, -0.1) is 0 Å². The second-order valence-corrected chi connectivity index (χ2v) is 5.59. The quantitative estimate of drug-likeness (QED) is 0.856. The lowest BCUT2D eigenvalue weighted by Gasteiger charge is -2.35. The SMILES string of the molecule is Fc1cccc(CC2(F)CC3CCC(C2)N3)c1F. The predicted molar refractivity (Wildman–Crippen MR) is 63.1 cm³/mol. The minimum absolute atomic E-state index is 0.0225. The molecule has 3 rings (SSSR count). The zero-order valence-electron chi connectivity index (χ0n) is 10.1. The number of fused-ring (bicyclic) bond motifs is 2. The minimum atomic E-state index is -1.40. The number of alkyl halides is 1. The Morgan fingerprint density at radius 3 is 2.50 bits per heavy atom. The Labute approximate surface area is 104 Å². The van der Waals surface area contributed by atoms with Gasteiger partial charge in [0.15, 0.2) is 11.6 Å². The van der Waals surface area contributed by atoms with Crippen LogP contribution in [0.4, 0.5) is 13.2 Å². The van der Waals surface area contributed by atoms with Crippen LogP contribution in [0.25, 0.3) is 0 Å². The molecule has 2 fully saturated rings. The Bertz CT molecular complexity index is 448. The van der Waals surface area contributed by atoms with E-state index in [2.05, 4.69) is 5.32 Å². The number of hydrogen-bond donors (Lipinski definition) is 1. The average Bonchev–Trinajstić information content (AvgIpc) is 2.65. The summed E-state index contributed by atoms with van der Waals surface area (Å²) in [6, 6.07) is 4.38. The molecule has 0 aromatic heterocycles. The van der Waals surface area contributed by atoms with E-state index in [1.54, 1.807) is 0 Å². The molecule has 1 aromatic carbocycles. The molecule has 2 atom stereocenters. The van der Waals surface area contributed by atoms with Crippen molar-refractivity contribution in [3.8, 4) is 0 Å². The highest BCUT2D eigenvalue weighted by atomic mass is 19.2. The molecular formula is C14H16F3N. The summed E-state index contributed by atoms with van der Waals surface area (Å²) in [5.74, 6) is -1.80. The maximum Gasteiger partial charge on any atom is 0.162 e. The molecule has 1 nitrogen and oxygen atoms in total. The van der Waals surface area contributed by atoms with Crippen LogP contribution in [-0.4, -0.2) is 17.8 Å². The van der Waals surface area contributed by atoms with Gasteiger partial charge in [0, 0.05) is 18.5 Å². The summed E-state index contributed by atoms with van der Waals surface area (Å²) < 4.78 is 41.5. The third kappa shape index (κ3) is 2.14. The molecule has 0 aliphatic carbocycles. The summed E-state index contributed by atoms with van der Waals surface area (Å²) in [7, 11) is 0. The molecule has 0 amide bonds. The largest absolute Gasteiger partial charge is 0.311 e. The lowest BCUT2D eigenvalue weighted by atomic mass is 9.84. The van der Waals surface area contributed by atoms with Crippen LogP contribution >= 0.6 is 0 Å². The Morgan fingerprint density at radius 2 is 1.83 bits per heavy atom. The van der Waals surface area contributed by atoms with Gasteiger partial charge in [0.1, 0.15) is 5.67 Å². The van der Waals surface area contributed by atoms with E-state index in [1.807, 2.05) is 0 Å². The molecule has 4 heteroatoms. The molecule has 2 saturated heterocycles. The van der Waals surface area contributed by atoms with E-state index in [9.17, 15) is 13.2 Å². The van der Waals surface area contributed by atoms with Crippen molar-refractivity contribution in [2.45, 2.75) is 49.9 Å². The minimum Gasteiger partial charge on any atom is -0.311 e. The van der Waals surface area contributed by atoms with Gasteiger partial charge in [-0.25, -0.2) is 13.2 Å². The first-order valence-corrected chi connectivity index (χ1v) is 6.44. The molecule has 18 heavy (non-hydrogen) atoms. The van der Waals surface area contributed by atoms with Crippen molar-refractivity contribution in [1.29, 1.82) is 0 Å². The van der Waals surface area contributed by atoms with Crippen molar-refractivity contribution in [2.24, 2.45) is 0 Å². The maximum absolute atomic E-state index is 14.8. The lowest BCUT2D eigenvalue weighted by molar-refractivity contribution is 0.0882. The average molecular weight is 255 g/mol. The monoisotopic (exact) mass is 255 g/mol. The number of hydrogen-bond acceptors (Lipinski definition) is 1. The zero-order chi connectivity index (χ0) is 12.8. The normalized spacial score (nSPS) is 34.8. The molecule has 98 valence electrons. The summed E-state index contributed by atoms with van der Waals surface area (Å²) in [6.45, 7) is 0. The standard InChI is InChI=1S/C14H16F3N/c15-12-3-1-2-9(13(12)16)6-14(17)7-10-4-5-11(8-14)18-10/h1-3,10-11,18H,4-8H2. The lowest BCUT2D eigenvalue weighted by Crippen LogP contribution is -2.47. The van der Waals surface area contributed by atoms with Crippen molar-refractivity contribution in [2.75, 3.05) is 0 Å². The van der Waals surface area contributed by atoms with E-state index in [4.69, 9.17) is 0 Å². The van der Waals surface area contributed by atoms with Crippen LogP contribution in [0.1, 0.15) is 31.2 Å². The molecule has 1 aromatic rings. The second-order valence-electron chi connectivity index (χ2n) is 5.59. The van der Waals surface area contributed by atoms with Crippen LogP contribution in [0, 0.1) is 11.6 Å². The van der Waals surface area contributed by atoms with Crippen molar-refractivity contribution in [3.05, 3.63) is 35.4 Å². The molecule has 0 radical (unpaired) electrons. The molecule has 1 N–H and O–H groups in total. The van der Waals surface area contributed by atoms with Gasteiger partial charge in [-0.2, -0.15) is 0 Å². The molecule has 2 aliphatic heterocycles. The van der Waals surface area contributed by atoms with Gasteiger partial charge in [0.05, 0.1) is 0 Å². The highest BCUT2D eigenvalue weighted by Crippen LogP contribution is 2.39. The Kier molecular flexibility index (Phi) is 2.85. The summed E-state index contributed by atoms with van der Waals surface area (Å²) in [4.78, 5) is 0. The van der Waals surface area contributed by atoms with Gasteiger partial charge in [-0.1, -0.05) is 12.1 Å². The summed E-state index contributed by atoms with van der Waals surface area (Å²) >= 11 is 0. The Morgan fingerprint density at radius 1 is 1.17 bits per heavy atom. The summed E-state index contributed by atoms with van der Waals surface area (Å²) in [6.07, 6.45) is 2.76. The number of benzene rings is 1. The third-order valence-electron chi connectivity index (χ3n) is 4.10. The van der Waals surface area contributed by atoms with Crippen LogP contribution in [0.5, 0.6) is 0 Å². The van der Waals surface area contributed by atoms with Crippen LogP contribution in [0.2, 0.25) is 0 Å². The summed E-state index contributed by atoms with van der Waals surface area (Å²) in [5.41, 5.74) is -1.25. The highest BCUT2D eigenvalue weighted by Gasteiger charge is 2.44. The van der Waals surface area contributed by atoms with Gasteiger partial charge in [0.2, 0.25) is 0 Å². The van der Waals surface area contributed by atoms with Crippen LogP contribution in [0.15, 0.2) is 18.2 Å². The fraction of sp³-hybridized carbons (Fsp3) is 0.571. The van der Waals surface area contributed by atoms with Crippen LogP contribution in [0.3, 0.4) is 0 Å². The highest BCUT2D eigenvalue weighted by molar-refractivity contribution is 5.22. The van der Waals surface area contributed by atoms with E-state index in [-0.39, 0.29) is 24.1 Å². The van der Waals surface area contributed by atoms with E-state index < -0.39 is 17.3 Å². The molecular weight excluding hydrogens is 239 g/mol. The van der Waals surface area contributed by atoms with E-state index >= 15 is 0 Å². The Balaban J connectivity index is 1.81. The first-order chi connectivity index (χ1) is 8.56. The maximum atomic E-state index is 14.8. The second kappa shape index (κ2) is 4.26. The molecule has 2 heterocycles. The van der Waals surface area contributed by atoms with Gasteiger partial charge in [-0.3, -0.25) is 0 Å². The number of piperidine rings is 1. The first-order valence-electron chi connectivity index (χ1n) is 6.44. The van der Waals surface area contributed by atoms with Crippen molar-refractivity contribution in [3.63, 3.8) is 0 Å². The van der Waals surface area contributed by atoms with Crippen LogP contribution < -0.4 is 5.32 Å². The first kappa shape index (κ1) is 12.0. The topological polar surface area (TPSA) is 12.0 Å². The molecule has 2 unspecified atom stereocenters. The molecule has 2 aliphatic rings. The molecule has 2 bridgehead atoms.